The fraction of sp³-hybridized carbons (Fsp3) is 0.500. The Labute approximate surface area is 142 Å². The number of rotatable bonds is 7. The second-order valence-corrected chi connectivity index (χ2v) is 5.49. The van der Waals surface area contributed by atoms with Crippen molar-refractivity contribution in [2.24, 2.45) is 11.8 Å². The fourth-order valence-electron chi connectivity index (χ4n) is 2.16. The SMILES string of the molecule is CNC(=O)CCOc1ccc(NC(=O)C(C)C2CNC2)cc1.Cl. The molecule has 1 aromatic carbocycles. The average Bonchev–Trinajstić information content (AvgIpc) is 2.47. The van der Waals surface area contributed by atoms with Gasteiger partial charge in [0.2, 0.25) is 11.8 Å². The van der Waals surface area contributed by atoms with Crippen molar-refractivity contribution in [2.45, 2.75) is 13.3 Å². The van der Waals surface area contributed by atoms with Crippen molar-refractivity contribution in [2.75, 3.05) is 32.1 Å². The maximum atomic E-state index is 12.1. The highest BCUT2D eigenvalue weighted by Crippen LogP contribution is 2.20. The average molecular weight is 342 g/mol. The van der Waals surface area contributed by atoms with Crippen LogP contribution in [-0.4, -0.2) is 38.6 Å². The summed E-state index contributed by atoms with van der Waals surface area (Å²) in [5, 5.41) is 8.63. The van der Waals surface area contributed by atoms with Crippen LogP contribution in [0.5, 0.6) is 5.75 Å². The van der Waals surface area contributed by atoms with Crippen LogP contribution in [0, 0.1) is 11.8 Å². The molecule has 6 nitrogen and oxygen atoms in total. The molecule has 0 aromatic heterocycles. The smallest absolute Gasteiger partial charge is 0.227 e. The molecule has 2 amide bonds. The van der Waals surface area contributed by atoms with Gasteiger partial charge in [-0.1, -0.05) is 6.92 Å². The Morgan fingerprint density at radius 1 is 1.30 bits per heavy atom. The molecule has 1 atom stereocenters. The molecule has 7 heteroatoms. The molecule has 3 N–H and O–H groups in total. The molecule has 0 spiro atoms. The van der Waals surface area contributed by atoms with Crippen molar-refractivity contribution >= 4 is 29.9 Å². The molecular formula is C16H24ClN3O3. The van der Waals surface area contributed by atoms with Crippen LogP contribution < -0.4 is 20.7 Å². The number of ether oxygens (including phenoxy) is 1. The monoisotopic (exact) mass is 341 g/mol. The number of hydrogen-bond acceptors (Lipinski definition) is 4. The predicted molar refractivity (Wildman–Crippen MR) is 92.0 cm³/mol. The standard InChI is InChI=1S/C16H23N3O3.ClH/c1-11(12-9-18-10-12)16(21)19-13-3-5-14(6-4-13)22-8-7-15(20)17-2;/h3-6,11-12,18H,7-10H2,1-2H3,(H,17,20)(H,19,21);1H. The van der Waals surface area contributed by atoms with E-state index in [4.69, 9.17) is 4.74 Å². The quantitative estimate of drug-likeness (QED) is 0.700. The van der Waals surface area contributed by atoms with Gasteiger partial charge in [-0.2, -0.15) is 0 Å². The second kappa shape index (κ2) is 9.37. The molecule has 0 saturated carbocycles. The van der Waals surface area contributed by atoms with E-state index < -0.39 is 0 Å². The van der Waals surface area contributed by atoms with Crippen molar-refractivity contribution in [1.29, 1.82) is 0 Å². The molecule has 1 fully saturated rings. The highest BCUT2D eigenvalue weighted by atomic mass is 35.5. The van der Waals surface area contributed by atoms with Crippen LogP contribution in [0.2, 0.25) is 0 Å². The lowest BCUT2D eigenvalue weighted by molar-refractivity contribution is -0.122. The van der Waals surface area contributed by atoms with Crippen LogP contribution in [0.4, 0.5) is 5.69 Å². The maximum absolute atomic E-state index is 12.1. The van der Waals surface area contributed by atoms with Gasteiger partial charge >= 0.3 is 0 Å². The van der Waals surface area contributed by atoms with Gasteiger partial charge in [0.15, 0.2) is 0 Å². The summed E-state index contributed by atoms with van der Waals surface area (Å²) in [5.74, 6) is 1.10. The molecule has 1 saturated heterocycles. The third-order valence-electron chi connectivity index (χ3n) is 3.93. The van der Waals surface area contributed by atoms with E-state index in [-0.39, 0.29) is 30.1 Å². The number of hydrogen-bond donors (Lipinski definition) is 3. The van der Waals surface area contributed by atoms with Crippen molar-refractivity contribution in [3.05, 3.63) is 24.3 Å². The van der Waals surface area contributed by atoms with E-state index in [2.05, 4.69) is 16.0 Å². The van der Waals surface area contributed by atoms with Gasteiger partial charge in [-0.3, -0.25) is 9.59 Å². The van der Waals surface area contributed by atoms with Crippen LogP contribution in [-0.2, 0) is 9.59 Å². The summed E-state index contributed by atoms with van der Waals surface area (Å²) in [7, 11) is 1.60. The van der Waals surface area contributed by atoms with Crippen LogP contribution in [0.3, 0.4) is 0 Å². The zero-order chi connectivity index (χ0) is 15.9. The van der Waals surface area contributed by atoms with Crippen LogP contribution in [0.15, 0.2) is 24.3 Å². The van der Waals surface area contributed by atoms with Gasteiger partial charge in [-0.25, -0.2) is 0 Å². The molecule has 1 heterocycles. The minimum atomic E-state index is -0.0524. The second-order valence-electron chi connectivity index (χ2n) is 5.49. The van der Waals surface area contributed by atoms with E-state index in [0.29, 0.717) is 24.7 Å². The van der Waals surface area contributed by atoms with Crippen molar-refractivity contribution < 1.29 is 14.3 Å². The van der Waals surface area contributed by atoms with Gasteiger partial charge in [0.25, 0.3) is 0 Å². The maximum Gasteiger partial charge on any atom is 0.227 e. The zero-order valence-electron chi connectivity index (χ0n) is 13.4. The minimum absolute atomic E-state index is 0. The Morgan fingerprint density at radius 2 is 1.96 bits per heavy atom. The first-order valence-electron chi connectivity index (χ1n) is 7.55. The van der Waals surface area contributed by atoms with E-state index in [0.717, 1.165) is 18.8 Å². The Balaban J connectivity index is 0.00000264. The van der Waals surface area contributed by atoms with Gasteiger partial charge in [-0.05, 0) is 43.3 Å². The molecule has 128 valence electrons. The first kappa shape index (κ1) is 19.3. The summed E-state index contributed by atoms with van der Waals surface area (Å²) in [4.78, 5) is 23.2. The number of amides is 2. The number of benzene rings is 1. The summed E-state index contributed by atoms with van der Waals surface area (Å²) >= 11 is 0. The molecule has 1 unspecified atom stereocenters. The molecule has 1 aliphatic rings. The summed E-state index contributed by atoms with van der Waals surface area (Å²) in [6, 6.07) is 7.18. The predicted octanol–water partition coefficient (Wildman–Crippen LogP) is 1.42. The number of carbonyl (C=O) groups excluding carboxylic acids is 2. The number of halogens is 1. The van der Waals surface area contributed by atoms with Crippen LogP contribution in [0.1, 0.15) is 13.3 Å². The lowest BCUT2D eigenvalue weighted by Gasteiger charge is -2.31. The number of anilines is 1. The van der Waals surface area contributed by atoms with E-state index in [1.807, 2.05) is 6.92 Å². The number of nitrogens with one attached hydrogen (secondary N) is 3. The van der Waals surface area contributed by atoms with Crippen LogP contribution >= 0.6 is 12.4 Å². The van der Waals surface area contributed by atoms with Gasteiger partial charge in [0.05, 0.1) is 13.0 Å². The van der Waals surface area contributed by atoms with E-state index >= 15 is 0 Å². The summed E-state index contributed by atoms with van der Waals surface area (Å²) in [5.41, 5.74) is 0.753. The Morgan fingerprint density at radius 3 is 2.48 bits per heavy atom. The third kappa shape index (κ3) is 5.73. The highest BCUT2D eigenvalue weighted by molar-refractivity contribution is 5.92. The van der Waals surface area contributed by atoms with Gasteiger partial charge in [0, 0.05) is 18.7 Å². The molecular weight excluding hydrogens is 318 g/mol. The van der Waals surface area contributed by atoms with Gasteiger partial charge in [0.1, 0.15) is 5.75 Å². The van der Waals surface area contributed by atoms with Crippen molar-refractivity contribution in [3.8, 4) is 5.75 Å². The Bertz CT molecular complexity index is 518. The largest absolute Gasteiger partial charge is 0.493 e. The van der Waals surface area contributed by atoms with Crippen molar-refractivity contribution in [1.82, 2.24) is 10.6 Å². The third-order valence-corrected chi connectivity index (χ3v) is 3.93. The Kier molecular flexibility index (Phi) is 7.85. The Hall–Kier alpha value is -1.79. The summed E-state index contributed by atoms with van der Waals surface area (Å²) in [6.45, 7) is 4.10. The molecule has 0 radical (unpaired) electrons. The van der Waals surface area contributed by atoms with Crippen molar-refractivity contribution in [3.63, 3.8) is 0 Å². The first-order valence-corrected chi connectivity index (χ1v) is 7.55. The van der Waals surface area contributed by atoms with E-state index in [9.17, 15) is 9.59 Å². The lowest BCUT2D eigenvalue weighted by Crippen LogP contribution is -2.48. The topological polar surface area (TPSA) is 79.5 Å². The van der Waals surface area contributed by atoms with E-state index in [1.54, 1.807) is 31.3 Å². The summed E-state index contributed by atoms with van der Waals surface area (Å²) < 4.78 is 5.47. The molecule has 23 heavy (non-hydrogen) atoms. The zero-order valence-corrected chi connectivity index (χ0v) is 14.2. The molecule has 2 rings (SSSR count). The molecule has 0 aliphatic carbocycles. The minimum Gasteiger partial charge on any atom is -0.493 e. The molecule has 0 bridgehead atoms. The lowest BCUT2D eigenvalue weighted by atomic mass is 9.88. The first-order chi connectivity index (χ1) is 10.6. The fourth-order valence-corrected chi connectivity index (χ4v) is 2.16. The molecule has 1 aliphatic heterocycles. The summed E-state index contributed by atoms with van der Waals surface area (Å²) in [6.07, 6.45) is 0.321. The normalized spacial score (nSPS) is 14.9. The van der Waals surface area contributed by atoms with E-state index in [1.165, 1.54) is 0 Å². The van der Waals surface area contributed by atoms with Crippen LogP contribution in [0.25, 0.3) is 0 Å². The van der Waals surface area contributed by atoms with Gasteiger partial charge < -0.3 is 20.7 Å². The number of carbonyl (C=O) groups is 2. The van der Waals surface area contributed by atoms with Gasteiger partial charge in [-0.15, -0.1) is 12.4 Å². The highest BCUT2D eigenvalue weighted by Gasteiger charge is 2.28. The molecule has 1 aromatic rings.